The van der Waals surface area contributed by atoms with Crippen molar-refractivity contribution in [1.82, 2.24) is 9.13 Å². The highest BCUT2D eigenvalue weighted by Gasteiger charge is 2.34. The molecule has 0 N–H and O–H groups in total. The van der Waals surface area contributed by atoms with Crippen LogP contribution in [0.2, 0.25) is 0 Å². The van der Waals surface area contributed by atoms with E-state index in [-0.39, 0.29) is 6.54 Å². The Morgan fingerprint density at radius 2 is 1.64 bits per heavy atom. The Labute approximate surface area is 124 Å². The molecule has 0 saturated carbocycles. The summed E-state index contributed by atoms with van der Waals surface area (Å²) in [7, 11) is 1.01. The molecule has 1 heterocycles. The van der Waals surface area contributed by atoms with Gasteiger partial charge in [0.1, 0.15) is 5.69 Å². The van der Waals surface area contributed by atoms with Gasteiger partial charge in [0.2, 0.25) is 0 Å². The number of hydrogen-bond donors (Lipinski definition) is 0. The summed E-state index contributed by atoms with van der Waals surface area (Å²) in [4.78, 5) is 24.0. The molecule has 0 amide bonds. The minimum Gasteiger partial charge on any atom is -0.292 e. The van der Waals surface area contributed by atoms with Gasteiger partial charge < -0.3 is 0 Å². The zero-order valence-electron chi connectivity index (χ0n) is 12.4. The largest absolute Gasteiger partial charge is 0.431 e. The van der Waals surface area contributed by atoms with Gasteiger partial charge >= 0.3 is 11.9 Å². The highest BCUT2D eigenvalue weighted by Crippen LogP contribution is 2.26. The molecule has 1 aromatic heterocycles. The SMILES string of the molecule is Cc1cccc(C)c1Cn1c(=O)cc(C(F)(F)F)n(C)c1=O. The fraction of sp³-hybridized carbons (Fsp3) is 0.333. The fourth-order valence-corrected chi connectivity index (χ4v) is 2.34. The zero-order valence-corrected chi connectivity index (χ0v) is 12.4. The molecular formula is C15H15F3N2O2. The van der Waals surface area contributed by atoms with E-state index in [9.17, 15) is 22.8 Å². The molecule has 0 spiro atoms. The second-order valence-electron chi connectivity index (χ2n) is 5.16. The van der Waals surface area contributed by atoms with Crippen molar-refractivity contribution >= 4 is 0 Å². The van der Waals surface area contributed by atoms with Gasteiger partial charge in [0.15, 0.2) is 0 Å². The van der Waals surface area contributed by atoms with Crippen molar-refractivity contribution in [1.29, 1.82) is 0 Å². The molecule has 0 unspecified atom stereocenters. The van der Waals surface area contributed by atoms with Crippen molar-refractivity contribution in [3.05, 3.63) is 67.5 Å². The van der Waals surface area contributed by atoms with E-state index in [0.29, 0.717) is 10.6 Å². The third-order valence-corrected chi connectivity index (χ3v) is 3.66. The summed E-state index contributed by atoms with van der Waals surface area (Å²) < 4.78 is 39.6. The Balaban J connectivity index is 2.62. The summed E-state index contributed by atoms with van der Waals surface area (Å²) in [5.74, 6) is 0. The van der Waals surface area contributed by atoms with Crippen molar-refractivity contribution < 1.29 is 13.2 Å². The number of aromatic nitrogens is 2. The number of benzene rings is 1. The Morgan fingerprint density at radius 1 is 1.09 bits per heavy atom. The summed E-state index contributed by atoms with van der Waals surface area (Å²) >= 11 is 0. The van der Waals surface area contributed by atoms with E-state index < -0.39 is 23.1 Å². The second-order valence-corrected chi connectivity index (χ2v) is 5.16. The molecule has 0 aliphatic rings. The summed E-state index contributed by atoms with van der Waals surface area (Å²) in [6, 6.07) is 5.93. The number of nitrogens with zero attached hydrogens (tertiary/aromatic N) is 2. The first kappa shape index (κ1) is 16.1. The van der Waals surface area contributed by atoms with Crippen LogP contribution in [-0.4, -0.2) is 9.13 Å². The standard InChI is InChI=1S/C15H15F3N2O2/c1-9-5-4-6-10(2)11(9)8-20-13(21)7-12(15(16,17)18)19(3)14(20)22/h4-7H,8H2,1-3H3. The molecule has 0 aliphatic carbocycles. The molecule has 0 aliphatic heterocycles. The first-order chi connectivity index (χ1) is 10.1. The van der Waals surface area contributed by atoms with Crippen LogP contribution >= 0.6 is 0 Å². The van der Waals surface area contributed by atoms with Crippen molar-refractivity contribution in [2.75, 3.05) is 0 Å². The topological polar surface area (TPSA) is 44.0 Å². The molecule has 2 rings (SSSR count). The quantitative estimate of drug-likeness (QED) is 0.853. The van der Waals surface area contributed by atoms with Gasteiger partial charge in [-0.15, -0.1) is 0 Å². The van der Waals surface area contributed by atoms with E-state index in [0.717, 1.165) is 28.3 Å². The van der Waals surface area contributed by atoms with E-state index in [1.165, 1.54) is 0 Å². The minimum atomic E-state index is -4.75. The number of alkyl halides is 3. The van der Waals surface area contributed by atoms with Crippen LogP contribution in [0, 0.1) is 13.8 Å². The van der Waals surface area contributed by atoms with Gasteiger partial charge in [-0.25, -0.2) is 4.79 Å². The van der Waals surface area contributed by atoms with Crippen molar-refractivity contribution in [3.8, 4) is 0 Å². The van der Waals surface area contributed by atoms with Gasteiger partial charge in [-0.1, -0.05) is 18.2 Å². The number of rotatable bonds is 2. The van der Waals surface area contributed by atoms with E-state index in [1.807, 2.05) is 32.0 Å². The van der Waals surface area contributed by atoms with Crippen LogP contribution in [0.5, 0.6) is 0 Å². The molecule has 0 radical (unpaired) electrons. The maximum atomic E-state index is 12.8. The van der Waals surface area contributed by atoms with Gasteiger partial charge in [-0.05, 0) is 30.5 Å². The highest BCUT2D eigenvalue weighted by molar-refractivity contribution is 5.33. The van der Waals surface area contributed by atoms with E-state index in [1.54, 1.807) is 0 Å². The molecule has 7 heteroatoms. The predicted octanol–water partition coefficient (Wildman–Crippen LogP) is 2.23. The molecular weight excluding hydrogens is 297 g/mol. The molecule has 0 saturated heterocycles. The van der Waals surface area contributed by atoms with Gasteiger partial charge in [-0.2, -0.15) is 13.2 Å². The Bertz CT molecular complexity index is 812. The summed E-state index contributed by atoms with van der Waals surface area (Å²) in [5.41, 5.74) is -0.704. The van der Waals surface area contributed by atoms with Crippen molar-refractivity contribution in [3.63, 3.8) is 0 Å². The van der Waals surface area contributed by atoms with Gasteiger partial charge in [0, 0.05) is 13.1 Å². The maximum Gasteiger partial charge on any atom is 0.431 e. The lowest BCUT2D eigenvalue weighted by Crippen LogP contribution is -2.42. The second kappa shape index (κ2) is 5.47. The van der Waals surface area contributed by atoms with E-state index in [2.05, 4.69) is 0 Å². The average Bonchev–Trinajstić information content (AvgIpc) is 2.40. The van der Waals surface area contributed by atoms with Gasteiger partial charge in [-0.3, -0.25) is 13.9 Å². The van der Waals surface area contributed by atoms with Gasteiger partial charge in [0.25, 0.3) is 5.56 Å². The first-order valence-electron chi connectivity index (χ1n) is 6.56. The van der Waals surface area contributed by atoms with Crippen LogP contribution in [0.3, 0.4) is 0 Å². The lowest BCUT2D eigenvalue weighted by atomic mass is 10.0. The number of halogens is 3. The number of hydrogen-bond acceptors (Lipinski definition) is 2. The van der Waals surface area contributed by atoms with Crippen LogP contribution in [0.15, 0.2) is 33.9 Å². The first-order valence-corrected chi connectivity index (χ1v) is 6.56. The summed E-state index contributed by atoms with van der Waals surface area (Å²) in [6.07, 6.45) is -4.75. The molecule has 0 bridgehead atoms. The van der Waals surface area contributed by atoms with E-state index in [4.69, 9.17) is 0 Å². The molecule has 22 heavy (non-hydrogen) atoms. The van der Waals surface area contributed by atoms with E-state index >= 15 is 0 Å². The molecule has 0 atom stereocenters. The average molecular weight is 312 g/mol. The minimum absolute atomic E-state index is 0.0534. The highest BCUT2D eigenvalue weighted by atomic mass is 19.4. The van der Waals surface area contributed by atoms with Crippen LogP contribution in [-0.2, 0) is 19.8 Å². The third-order valence-electron chi connectivity index (χ3n) is 3.66. The maximum absolute atomic E-state index is 12.8. The lowest BCUT2D eigenvalue weighted by Gasteiger charge is -2.15. The monoisotopic (exact) mass is 312 g/mol. The predicted molar refractivity (Wildman–Crippen MR) is 76.0 cm³/mol. The zero-order chi connectivity index (χ0) is 16.7. The van der Waals surface area contributed by atoms with Crippen LogP contribution in [0.1, 0.15) is 22.4 Å². The lowest BCUT2D eigenvalue weighted by molar-refractivity contribution is -0.144. The van der Waals surface area contributed by atoms with Crippen LogP contribution in [0.4, 0.5) is 13.2 Å². The fourth-order valence-electron chi connectivity index (χ4n) is 2.34. The van der Waals surface area contributed by atoms with Crippen molar-refractivity contribution in [2.45, 2.75) is 26.6 Å². The molecule has 1 aromatic carbocycles. The third kappa shape index (κ3) is 2.84. The van der Waals surface area contributed by atoms with Crippen molar-refractivity contribution in [2.24, 2.45) is 7.05 Å². The molecule has 2 aromatic rings. The van der Waals surface area contributed by atoms with Crippen LogP contribution < -0.4 is 11.2 Å². The van der Waals surface area contributed by atoms with Crippen LogP contribution in [0.25, 0.3) is 0 Å². The Hall–Kier alpha value is -2.31. The summed E-state index contributed by atoms with van der Waals surface area (Å²) in [5, 5.41) is 0. The molecule has 118 valence electrons. The number of aryl methyl sites for hydroxylation is 2. The normalized spacial score (nSPS) is 11.7. The van der Waals surface area contributed by atoms with Gasteiger partial charge in [0.05, 0.1) is 6.54 Å². The smallest absolute Gasteiger partial charge is 0.292 e. The molecule has 0 fully saturated rings. The Kier molecular flexibility index (Phi) is 4.00. The Morgan fingerprint density at radius 3 is 2.14 bits per heavy atom. The summed E-state index contributed by atoms with van der Waals surface area (Å²) in [6.45, 7) is 3.59. The molecule has 4 nitrogen and oxygen atoms in total.